The Morgan fingerprint density at radius 1 is 1.20 bits per heavy atom. The van der Waals surface area contributed by atoms with Gasteiger partial charge in [0, 0.05) is 11.7 Å². The van der Waals surface area contributed by atoms with E-state index in [0.717, 1.165) is 6.07 Å². The van der Waals surface area contributed by atoms with Gasteiger partial charge in [0.05, 0.1) is 0 Å². The van der Waals surface area contributed by atoms with Crippen molar-refractivity contribution in [1.29, 1.82) is 0 Å². The van der Waals surface area contributed by atoms with Gasteiger partial charge in [0.2, 0.25) is 0 Å². The number of nitrogens with one attached hydrogen (secondary N) is 1. The average molecular weight is 221 g/mol. The molecule has 15 heavy (non-hydrogen) atoms. The van der Waals surface area contributed by atoms with Crippen LogP contribution >= 0.6 is 0 Å². The highest BCUT2D eigenvalue weighted by Gasteiger charge is 2.36. The van der Waals surface area contributed by atoms with E-state index in [2.05, 4.69) is 5.32 Å². The van der Waals surface area contributed by atoms with Crippen LogP contribution < -0.4 is 5.32 Å². The van der Waals surface area contributed by atoms with Crippen LogP contribution in [0.1, 0.15) is 19.4 Å². The fourth-order valence-electron chi connectivity index (χ4n) is 1.24. The first-order valence-corrected chi connectivity index (χ1v) is 4.44. The van der Waals surface area contributed by atoms with Crippen molar-refractivity contribution in [2.24, 2.45) is 0 Å². The number of rotatable bonds is 2. The number of anilines is 1. The lowest BCUT2D eigenvalue weighted by Crippen LogP contribution is -2.17. The maximum absolute atomic E-state index is 13.0. The Morgan fingerprint density at radius 3 is 2.27 bits per heavy atom. The first-order chi connectivity index (χ1) is 6.82. The van der Waals surface area contributed by atoms with Crippen LogP contribution in [0.25, 0.3) is 0 Å². The van der Waals surface area contributed by atoms with E-state index in [9.17, 15) is 17.6 Å². The second kappa shape index (κ2) is 4.08. The van der Waals surface area contributed by atoms with Crippen molar-refractivity contribution >= 4 is 5.69 Å². The summed E-state index contributed by atoms with van der Waals surface area (Å²) in [4.78, 5) is 0. The van der Waals surface area contributed by atoms with Crippen LogP contribution in [0, 0.1) is 5.82 Å². The standard InChI is InChI=1S/C10H11F4N/c1-6(2)15-8-5-3-4-7(11)9(8)10(12,13)14/h3-6,15H,1-2H3. The minimum Gasteiger partial charge on any atom is -0.382 e. The first-order valence-electron chi connectivity index (χ1n) is 4.44. The summed E-state index contributed by atoms with van der Waals surface area (Å²) in [6, 6.07) is 3.07. The fourth-order valence-corrected chi connectivity index (χ4v) is 1.24. The predicted octanol–water partition coefficient (Wildman–Crippen LogP) is 3.66. The number of hydrogen-bond acceptors (Lipinski definition) is 1. The zero-order chi connectivity index (χ0) is 11.6. The molecule has 0 amide bonds. The minimum absolute atomic E-state index is 0.187. The topological polar surface area (TPSA) is 12.0 Å². The van der Waals surface area contributed by atoms with Crippen LogP contribution in [0.3, 0.4) is 0 Å². The van der Waals surface area contributed by atoms with Crippen LogP contribution in [0.5, 0.6) is 0 Å². The molecule has 1 nitrogen and oxygen atoms in total. The van der Waals surface area contributed by atoms with Crippen LogP contribution in [0.4, 0.5) is 23.2 Å². The Kier molecular flexibility index (Phi) is 3.21. The molecule has 84 valence electrons. The van der Waals surface area contributed by atoms with Gasteiger partial charge in [-0.1, -0.05) is 6.07 Å². The summed E-state index contributed by atoms with van der Waals surface area (Å²) in [6.45, 7) is 3.37. The fraction of sp³-hybridized carbons (Fsp3) is 0.400. The van der Waals surface area contributed by atoms with Crippen molar-refractivity contribution in [3.8, 4) is 0 Å². The zero-order valence-electron chi connectivity index (χ0n) is 8.32. The van der Waals surface area contributed by atoms with Crippen molar-refractivity contribution in [2.45, 2.75) is 26.1 Å². The molecular weight excluding hydrogens is 210 g/mol. The van der Waals surface area contributed by atoms with Crippen molar-refractivity contribution in [1.82, 2.24) is 0 Å². The highest BCUT2D eigenvalue weighted by Crippen LogP contribution is 2.36. The second-order valence-electron chi connectivity index (χ2n) is 3.46. The maximum Gasteiger partial charge on any atom is 0.421 e. The minimum atomic E-state index is -4.68. The monoisotopic (exact) mass is 221 g/mol. The number of halogens is 4. The molecule has 0 heterocycles. The molecule has 0 bridgehead atoms. The van der Waals surface area contributed by atoms with Gasteiger partial charge >= 0.3 is 6.18 Å². The van der Waals surface area contributed by atoms with Crippen molar-refractivity contribution in [3.63, 3.8) is 0 Å². The van der Waals surface area contributed by atoms with Gasteiger partial charge in [-0.3, -0.25) is 0 Å². The van der Waals surface area contributed by atoms with E-state index >= 15 is 0 Å². The van der Waals surface area contributed by atoms with E-state index in [1.807, 2.05) is 0 Å². The number of benzene rings is 1. The summed E-state index contributed by atoms with van der Waals surface area (Å²) < 4.78 is 50.5. The van der Waals surface area contributed by atoms with Crippen LogP contribution in [-0.4, -0.2) is 6.04 Å². The molecule has 0 aromatic heterocycles. The third-order valence-corrected chi connectivity index (χ3v) is 1.74. The van der Waals surface area contributed by atoms with Crippen LogP contribution in [0.15, 0.2) is 18.2 Å². The third kappa shape index (κ3) is 2.84. The zero-order valence-corrected chi connectivity index (χ0v) is 8.32. The van der Waals surface area contributed by atoms with Gasteiger partial charge in [-0.2, -0.15) is 13.2 Å². The van der Waals surface area contributed by atoms with Gasteiger partial charge in [-0.15, -0.1) is 0 Å². The molecule has 0 radical (unpaired) electrons. The van der Waals surface area contributed by atoms with Gasteiger partial charge < -0.3 is 5.32 Å². The van der Waals surface area contributed by atoms with Gasteiger partial charge in [0.15, 0.2) is 0 Å². The molecule has 1 aromatic carbocycles. The molecule has 0 unspecified atom stereocenters. The summed E-state index contributed by atoms with van der Waals surface area (Å²) in [5, 5.41) is 2.56. The molecule has 5 heteroatoms. The van der Waals surface area contributed by atoms with Crippen molar-refractivity contribution in [2.75, 3.05) is 5.32 Å². The molecular formula is C10H11F4N. The SMILES string of the molecule is CC(C)Nc1cccc(F)c1C(F)(F)F. The lowest BCUT2D eigenvalue weighted by molar-refractivity contribution is -0.139. The molecule has 0 aliphatic heterocycles. The molecule has 1 N–H and O–H groups in total. The lowest BCUT2D eigenvalue weighted by atomic mass is 10.1. The molecule has 0 aliphatic rings. The smallest absolute Gasteiger partial charge is 0.382 e. The summed E-state index contributed by atoms with van der Waals surface area (Å²) >= 11 is 0. The highest BCUT2D eigenvalue weighted by atomic mass is 19.4. The number of hydrogen-bond donors (Lipinski definition) is 1. The average Bonchev–Trinajstić information content (AvgIpc) is 1.99. The lowest BCUT2D eigenvalue weighted by Gasteiger charge is -2.17. The van der Waals surface area contributed by atoms with Gasteiger partial charge in [-0.25, -0.2) is 4.39 Å². The largest absolute Gasteiger partial charge is 0.421 e. The van der Waals surface area contributed by atoms with Gasteiger partial charge in [0.1, 0.15) is 11.4 Å². The quantitative estimate of drug-likeness (QED) is 0.751. The first kappa shape index (κ1) is 11.8. The molecule has 0 atom stereocenters. The van der Waals surface area contributed by atoms with Crippen molar-refractivity contribution in [3.05, 3.63) is 29.6 Å². The van der Waals surface area contributed by atoms with E-state index in [1.54, 1.807) is 13.8 Å². The van der Waals surface area contributed by atoms with E-state index in [0.29, 0.717) is 0 Å². The Morgan fingerprint density at radius 2 is 1.80 bits per heavy atom. The summed E-state index contributed by atoms with van der Waals surface area (Å²) in [5.74, 6) is -1.26. The highest BCUT2D eigenvalue weighted by molar-refractivity contribution is 5.53. The van der Waals surface area contributed by atoms with Crippen LogP contribution in [0.2, 0.25) is 0 Å². The third-order valence-electron chi connectivity index (χ3n) is 1.74. The Bertz CT molecular complexity index is 344. The molecule has 0 saturated heterocycles. The molecule has 1 aromatic rings. The summed E-state index contributed by atoms with van der Waals surface area (Å²) in [5.41, 5.74) is -1.46. The molecule has 0 saturated carbocycles. The van der Waals surface area contributed by atoms with Crippen LogP contribution in [-0.2, 0) is 6.18 Å². The molecule has 0 fully saturated rings. The predicted molar refractivity (Wildman–Crippen MR) is 50.2 cm³/mol. The Labute approximate surface area is 85.1 Å². The van der Waals surface area contributed by atoms with E-state index < -0.39 is 17.6 Å². The maximum atomic E-state index is 13.0. The summed E-state index contributed by atoms with van der Waals surface area (Å²) in [6.07, 6.45) is -4.68. The van der Waals surface area contributed by atoms with E-state index in [-0.39, 0.29) is 11.7 Å². The van der Waals surface area contributed by atoms with Gasteiger partial charge in [-0.05, 0) is 26.0 Å². The number of alkyl halides is 3. The summed E-state index contributed by atoms with van der Waals surface area (Å²) in [7, 11) is 0. The van der Waals surface area contributed by atoms with Crippen molar-refractivity contribution < 1.29 is 17.6 Å². The molecule has 1 rings (SSSR count). The van der Waals surface area contributed by atoms with E-state index in [4.69, 9.17) is 0 Å². The second-order valence-corrected chi connectivity index (χ2v) is 3.46. The molecule has 0 spiro atoms. The Hall–Kier alpha value is -1.26. The van der Waals surface area contributed by atoms with Gasteiger partial charge in [0.25, 0.3) is 0 Å². The van der Waals surface area contributed by atoms with E-state index in [1.165, 1.54) is 12.1 Å². The molecule has 0 aliphatic carbocycles. The normalized spacial score (nSPS) is 11.9. The Balaban J connectivity index is 3.21.